The smallest absolute Gasteiger partial charge is 0.408 e. The van der Waals surface area contributed by atoms with Gasteiger partial charge in [0.25, 0.3) is 0 Å². The maximum absolute atomic E-state index is 14.6. The summed E-state index contributed by atoms with van der Waals surface area (Å²) in [6.07, 6.45) is 2.77. The largest absolute Gasteiger partial charge is 0.480 e. The number of carboxylic acid groups (broad SMARTS) is 1. The van der Waals surface area contributed by atoms with Crippen LogP contribution in [0.15, 0.2) is 40.4 Å². The molecule has 1 aromatic heterocycles. The average Bonchev–Trinajstić information content (AvgIpc) is 3.90. The van der Waals surface area contributed by atoms with E-state index < -0.39 is 89.4 Å². The van der Waals surface area contributed by atoms with Crippen molar-refractivity contribution < 1.29 is 43.4 Å². The van der Waals surface area contributed by atoms with Crippen molar-refractivity contribution in [3.8, 4) is 0 Å². The Morgan fingerprint density at radius 1 is 0.821 bits per heavy atom. The molecule has 22 heteroatoms. The van der Waals surface area contributed by atoms with Crippen LogP contribution in [0.5, 0.6) is 0 Å². The lowest BCUT2D eigenvalue weighted by molar-refractivity contribution is -0.143. The van der Waals surface area contributed by atoms with Gasteiger partial charge in [-0.2, -0.15) is 0 Å². The molecule has 67 heavy (non-hydrogen) atoms. The van der Waals surface area contributed by atoms with Gasteiger partial charge in [-0.1, -0.05) is 52.3 Å². The van der Waals surface area contributed by atoms with Crippen LogP contribution in [0.2, 0.25) is 0 Å². The molecule has 0 aliphatic carbocycles. The Bertz CT molecular complexity index is 2070. The number of fused-ring (bicyclic) bond motifs is 1. The van der Waals surface area contributed by atoms with Crippen LogP contribution in [-0.4, -0.2) is 130 Å². The maximum atomic E-state index is 14.6. The molecule has 1 aliphatic heterocycles. The summed E-state index contributed by atoms with van der Waals surface area (Å²) in [5, 5.41) is 24.3. The first kappa shape index (κ1) is 54.7. The summed E-state index contributed by atoms with van der Waals surface area (Å²) < 4.78 is 5.40. The van der Waals surface area contributed by atoms with E-state index in [1.807, 2.05) is 45.0 Å². The number of hydrogen-bond acceptors (Lipinski definition) is 10. The van der Waals surface area contributed by atoms with Crippen molar-refractivity contribution >= 4 is 64.4 Å². The van der Waals surface area contributed by atoms with Gasteiger partial charge < -0.3 is 69.2 Å². The fourth-order valence-corrected chi connectivity index (χ4v) is 7.67. The molecule has 372 valence electrons. The number of aliphatic carboxylic acids is 1. The van der Waals surface area contributed by atoms with Crippen LogP contribution >= 0.6 is 0 Å². The number of nitrogens with zero attached hydrogens (tertiary/aromatic N) is 3. The summed E-state index contributed by atoms with van der Waals surface area (Å²) in [6.45, 7) is 12.7. The number of carboxylic acids is 1. The number of benzene rings is 1. The number of aromatic nitrogens is 1. The molecule has 7 unspecified atom stereocenters. The zero-order valence-electron chi connectivity index (χ0n) is 39.9. The molecule has 22 nitrogen and oxygen atoms in total. The number of nitrogens with two attached hydrogens (primary N) is 4. The van der Waals surface area contributed by atoms with E-state index in [9.17, 15) is 38.7 Å². The van der Waals surface area contributed by atoms with Crippen molar-refractivity contribution in [2.24, 2.45) is 44.8 Å². The van der Waals surface area contributed by atoms with E-state index in [1.165, 1.54) is 4.90 Å². The van der Waals surface area contributed by atoms with E-state index in [2.05, 4.69) is 41.6 Å². The van der Waals surface area contributed by atoms with Gasteiger partial charge >= 0.3 is 12.1 Å². The van der Waals surface area contributed by atoms with Gasteiger partial charge in [-0.25, -0.2) is 9.59 Å². The SMILES string of the molecule is CCC(C)C(NC(=O)C(Cc1c[nH]c2ccccc12)NC(=O)C1CCCN1C(=O)C(CCCN=C(N)N)NC(=O)C(CCCN=C(N)N)NC(=O)OC(C)(C)C)C(=O)NC(CC(C)C)C(=O)O. The molecule has 0 saturated carbocycles. The minimum atomic E-state index is -1.26. The van der Waals surface area contributed by atoms with Crippen molar-refractivity contribution in [1.82, 2.24) is 36.5 Å². The minimum absolute atomic E-state index is 0.0130. The van der Waals surface area contributed by atoms with Gasteiger partial charge in [-0.05, 0) is 89.2 Å². The number of nitrogens with one attached hydrogen (secondary N) is 6. The molecule has 3 rings (SSSR count). The molecule has 0 spiro atoms. The molecule has 0 bridgehead atoms. The van der Waals surface area contributed by atoms with Crippen LogP contribution < -0.4 is 49.5 Å². The first-order valence-corrected chi connectivity index (χ1v) is 22.9. The highest BCUT2D eigenvalue weighted by Gasteiger charge is 2.40. The molecule has 2 aromatic rings. The molecule has 7 atom stereocenters. The van der Waals surface area contributed by atoms with Crippen molar-refractivity contribution in [1.29, 1.82) is 0 Å². The van der Waals surface area contributed by atoms with Crippen LogP contribution in [0.1, 0.15) is 105 Å². The second-order valence-electron chi connectivity index (χ2n) is 18.4. The molecule has 0 radical (unpaired) electrons. The van der Waals surface area contributed by atoms with Gasteiger partial charge in [0.2, 0.25) is 29.5 Å². The number of aliphatic imine (C=N–C) groups is 2. The van der Waals surface area contributed by atoms with Crippen LogP contribution in [0.4, 0.5) is 4.79 Å². The van der Waals surface area contributed by atoms with Crippen LogP contribution in [0.3, 0.4) is 0 Å². The van der Waals surface area contributed by atoms with Gasteiger partial charge in [-0.3, -0.25) is 34.0 Å². The number of likely N-dealkylation sites (tertiary alicyclic amines) is 1. The monoisotopic (exact) mass is 940 g/mol. The Morgan fingerprint density at radius 2 is 1.42 bits per heavy atom. The molecule has 1 aliphatic rings. The quantitative estimate of drug-likeness (QED) is 0.0374. The van der Waals surface area contributed by atoms with Crippen molar-refractivity contribution in [2.45, 2.75) is 148 Å². The highest BCUT2D eigenvalue weighted by Crippen LogP contribution is 2.23. The van der Waals surface area contributed by atoms with E-state index in [0.29, 0.717) is 18.4 Å². The standard InChI is InChI=1S/C45H73N13O9/c1-8-26(4)35(39(62)55-33(41(64)65)22-25(2)3)57-37(60)32(23-27-24-52-29-15-10-9-14-28(27)29)54-38(61)34-18-13-21-58(34)40(63)31(17-12-20-51-43(48)49)53-36(59)30(16-11-19-50-42(46)47)56-44(66)67-45(5,6)7/h9-10,14-15,24-26,30-35,52H,8,11-13,16-23H2,1-7H3,(H,53,59)(H,54,61)(H,55,62)(H,56,66)(H,57,60)(H,64,65)(H4,46,47,50)(H4,48,49,51). The van der Waals surface area contributed by atoms with Crippen LogP contribution in [0, 0.1) is 11.8 Å². The fraction of sp³-hybridized carbons (Fsp3) is 0.622. The number of rotatable bonds is 25. The van der Waals surface area contributed by atoms with Gasteiger partial charge in [-0.15, -0.1) is 0 Å². The Hall–Kier alpha value is -6.61. The molecule has 1 fully saturated rings. The molecule has 1 saturated heterocycles. The zero-order chi connectivity index (χ0) is 50.0. The third kappa shape index (κ3) is 18.0. The maximum Gasteiger partial charge on any atom is 0.408 e. The molecule has 15 N–H and O–H groups in total. The van der Waals surface area contributed by atoms with Crippen molar-refractivity contribution in [3.05, 3.63) is 36.0 Å². The summed E-state index contributed by atoms with van der Waals surface area (Å²) in [5.41, 5.74) is 22.6. The lowest BCUT2D eigenvalue weighted by Crippen LogP contribution is -2.60. The number of alkyl carbamates (subject to hydrolysis) is 1. The summed E-state index contributed by atoms with van der Waals surface area (Å²) in [4.78, 5) is 109. The Kier molecular flexibility index (Phi) is 21.2. The van der Waals surface area contributed by atoms with Gasteiger partial charge in [0.1, 0.15) is 41.9 Å². The van der Waals surface area contributed by atoms with Gasteiger partial charge in [0.05, 0.1) is 0 Å². The fourth-order valence-electron chi connectivity index (χ4n) is 7.67. The van der Waals surface area contributed by atoms with Crippen molar-refractivity contribution in [2.75, 3.05) is 19.6 Å². The number of guanidine groups is 2. The summed E-state index contributed by atoms with van der Waals surface area (Å²) in [6, 6.07) is 0.363. The van der Waals surface area contributed by atoms with E-state index in [1.54, 1.807) is 33.9 Å². The number of carbonyl (C=O) groups is 7. The third-order valence-corrected chi connectivity index (χ3v) is 11.2. The predicted molar refractivity (Wildman–Crippen MR) is 254 cm³/mol. The number of para-hydroxylation sites is 1. The lowest BCUT2D eigenvalue weighted by atomic mass is 9.96. The van der Waals surface area contributed by atoms with Gasteiger partial charge in [0, 0.05) is 43.2 Å². The number of H-pyrrole nitrogens is 1. The molecular formula is C45H73N13O9. The predicted octanol–water partition coefficient (Wildman–Crippen LogP) is 0.818. The Labute approximate surface area is 392 Å². The zero-order valence-corrected chi connectivity index (χ0v) is 39.9. The summed E-state index contributed by atoms with van der Waals surface area (Å²) >= 11 is 0. The minimum Gasteiger partial charge on any atom is -0.480 e. The number of ether oxygens (including phenoxy) is 1. The molecule has 2 heterocycles. The van der Waals surface area contributed by atoms with E-state index in [-0.39, 0.29) is 82.4 Å². The second kappa shape index (κ2) is 25.9. The first-order valence-electron chi connectivity index (χ1n) is 22.9. The summed E-state index contributed by atoms with van der Waals surface area (Å²) in [7, 11) is 0. The third-order valence-electron chi connectivity index (χ3n) is 11.2. The van der Waals surface area contributed by atoms with Gasteiger partial charge in [0.15, 0.2) is 11.9 Å². The van der Waals surface area contributed by atoms with Crippen LogP contribution in [-0.2, 0) is 39.9 Å². The highest BCUT2D eigenvalue weighted by molar-refractivity contribution is 5.97. The first-order chi connectivity index (χ1) is 31.5. The lowest BCUT2D eigenvalue weighted by Gasteiger charge is -2.31. The topological polar surface area (TPSA) is 357 Å². The number of aromatic amines is 1. The summed E-state index contributed by atoms with van der Waals surface area (Å²) in [5.74, 6) is -5.30. The van der Waals surface area contributed by atoms with E-state index in [4.69, 9.17) is 27.7 Å². The number of carbonyl (C=O) groups excluding carboxylic acids is 6. The number of hydrogen-bond donors (Lipinski definition) is 11. The van der Waals surface area contributed by atoms with E-state index >= 15 is 0 Å². The van der Waals surface area contributed by atoms with E-state index in [0.717, 1.165) is 10.9 Å². The Morgan fingerprint density at radius 3 is 2.00 bits per heavy atom. The average molecular weight is 940 g/mol. The molecular weight excluding hydrogens is 867 g/mol. The normalized spacial score (nSPS) is 16.4. The number of amides is 6. The second-order valence-corrected chi connectivity index (χ2v) is 18.4. The Balaban J connectivity index is 1.95. The van der Waals surface area contributed by atoms with Crippen molar-refractivity contribution in [3.63, 3.8) is 0 Å². The molecule has 1 aromatic carbocycles. The molecule has 6 amide bonds. The van der Waals surface area contributed by atoms with Crippen LogP contribution in [0.25, 0.3) is 10.9 Å². The highest BCUT2D eigenvalue weighted by atomic mass is 16.6.